The molecule has 0 spiro atoms. The summed E-state index contributed by atoms with van der Waals surface area (Å²) in [4.78, 5) is 0.141. The van der Waals surface area contributed by atoms with Crippen molar-refractivity contribution in [2.24, 2.45) is 5.14 Å². The van der Waals surface area contributed by atoms with Gasteiger partial charge in [-0.05, 0) is 37.1 Å². The van der Waals surface area contributed by atoms with Crippen LogP contribution in [0.4, 0.5) is 5.69 Å². The molecule has 16 heavy (non-hydrogen) atoms. The first-order valence-corrected chi connectivity index (χ1v) is 6.91. The molecule has 0 aromatic heterocycles. The van der Waals surface area contributed by atoms with E-state index < -0.39 is 10.0 Å². The Morgan fingerprint density at radius 3 is 2.06 bits per heavy atom. The van der Waals surface area contributed by atoms with Crippen molar-refractivity contribution in [3.63, 3.8) is 0 Å². The van der Waals surface area contributed by atoms with Crippen molar-refractivity contribution in [1.82, 2.24) is 0 Å². The first kappa shape index (κ1) is 13.0. The number of primary sulfonamides is 1. The van der Waals surface area contributed by atoms with Crippen molar-refractivity contribution < 1.29 is 8.42 Å². The van der Waals surface area contributed by atoms with E-state index in [1.165, 1.54) is 12.1 Å². The largest absolute Gasteiger partial charge is 0.382 e. The van der Waals surface area contributed by atoms with Crippen LogP contribution in [0.25, 0.3) is 0 Å². The fourth-order valence-electron chi connectivity index (χ4n) is 1.47. The maximum atomic E-state index is 11.0. The Balaban J connectivity index is 2.80. The summed E-state index contributed by atoms with van der Waals surface area (Å²) in [6.07, 6.45) is 2.07. The second kappa shape index (κ2) is 5.32. The van der Waals surface area contributed by atoms with Crippen LogP contribution in [0.1, 0.15) is 26.7 Å². The van der Waals surface area contributed by atoms with E-state index in [-0.39, 0.29) is 4.90 Å². The predicted molar refractivity (Wildman–Crippen MR) is 65.8 cm³/mol. The van der Waals surface area contributed by atoms with Gasteiger partial charge >= 0.3 is 0 Å². The Hall–Kier alpha value is -1.07. The van der Waals surface area contributed by atoms with Crippen LogP contribution in [0.3, 0.4) is 0 Å². The molecule has 0 radical (unpaired) electrons. The number of nitrogens with one attached hydrogen (secondary N) is 1. The highest BCUT2D eigenvalue weighted by atomic mass is 32.2. The number of benzene rings is 1. The minimum Gasteiger partial charge on any atom is -0.382 e. The lowest BCUT2D eigenvalue weighted by molar-refractivity contribution is 0.598. The fourth-order valence-corrected chi connectivity index (χ4v) is 1.98. The van der Waals surface area contributed by atoms with Crippen LogP contribution in [0, 0.1) is 0 Å². The second-order valence-corrected chi connectivity index (χ2v) is 5.29. The number of anilines is 1. The van der Waals surface area contributed by atoms with Crippen molar-refractivity contribution in [1.29, 1.82) is 0 Å². The molecule has 90 valence electrons. The maximum Gasteiger partial charge on any atom is 0.238 e. The predicted octanol–water partition coefficient (Wildman–Crippen LogP) is 1.93. The number of nitrogens with two attached hydrogens (primary N) is 1. The van der Waals surface area contributed by atoms with Crippen LogP contribution in [0.2, 0.25) is 0 Å². The Kier molecular flexibility index (Phi) is 4.32. The minimum absolute atomic E-state index is 0.141. The normalized spacial score (nSPS) is 11.8. The molecular formula is C11H18N2O2S. The molecule has 5 heteroatoms. The summed E-state index contributed by atoms with van der Waals surface area (Å²) in [7, 11) is -3.59. The summed E-state index contributed by atoms with van der Waals surface area (Å²) in [6.45, 7) is 4.22. The van der Waals surface area contributed by atoms with Gasteiger partial charge in [0, 0.05) is 11.7 Å². The molecule has 4 nitrogen and oxygen atoms in total. The lowest BCUT2D eigenvalue weighted by Gasteiger charge is -2.16. The van der Waals surface area contributed by atoms with Crippen molar-refractivity contribution in [3.05, 3.63) is 24.3 Å². The van der Waals surface area contributed by atoms with Gasteiger partial charge in [0.2, 0.25) is 10.0 Å². The fraction of sp³-hybridized carbons (Fsp3) is 0.455. The molecule has 0 bridgehead atoms. The van der Waals surface area contributed by atoms with Gasteiger partial charge in [0.25, 0.3) is 0 Å². The third kappa shape index (κ3) is 3.50. The van der Waals surface area contributed by atoms with Crippen LogP contribution in [0.15, 0.2) is 29.2 Å². The van der Waals surface area contributed by atoms with E-state index in [1.807, 2.05) is 0 Å². The van der Waals surface area contributed by atoms with E-state index >= 15 is 0 Å². The molecule has 0 atom stereocenters. The molecule has 3 N–H and O–H groups in total. The first-order valence-electron chi connectivity index (χ1n) is 5.36. The van der Waals surface area contributed by atoms with Gasteiger partial charge in [0.1, 0.15) is 0 Å². The SMILES string of the molecule is CCC(CC)Nc1ccc(S(N)(=O)=O)cc1. The highest BCUT2D eigenvalue weighted by molar-refractivity contribution is 7.89. The molecule has 1 aromatic rings. The molecule has 0 amide bonds. The standard InChI is InChI=1S/C11H18N2O2S/c1-3-9(4-2)13-10-5-7-11(8-6-10)16(12,14)15/h5-9,13H,3-4H2,1-2H3,(H2,12,14,15). The van der Waals surface area contributed by atoms with Gasteiger partial charge in [-0.15, -0.1) is 0 Å². The first-order chi connectivity index (χ1) is 7.47. The zero-order valence-corrected chi connectivity index (χ0v) is 10.4. The third-order valence-electron chi connectivity index (χ3n) is 2.54. The lowest BCUT2D eigenvalue weighted by Crippen LogP contribution is -2.17. The highest BCUT2D eigenvalue weighted by Gasteiger charge is 2.07. The minimum atomic E-state index is -3.59. The van der Waals surface area contributed by atoms with Crippen molar-refractivity contribution in [2.45, 2.75) is 37.6 Å². The number of sulfonamides is 1. The number of hydrogen-bond acceptors (Lipinski definition) is 3. The average Bonchev–Trinajstić information content (AvgIpc) is 2.25. The summed E-state index contributed by atoms with van der Waals surface area (Å²) < 4.78 is 22.1. The maximum absolute atomic E-state index is 11.0. The molecule has 0 saturated heterocycles. The summed E-state index contributed by atoms with van der Waals surface area (Å²) in [5.74, 6) is 0. The van der Waals surface area contributed by atoms with Crippen molar-refractivity contribution in [3.8, 4) is 0 Å². The Morgan fingerprint density at radius 1 is 1.19 bits per heavy atom. The molecule has 0 heterocycles. The molecule has 0 aliphatic heterocycles. The van der Waals surface area contributed by atoms with Gasteiger partial charge in [0.15, 0.2) is 0 Å². The quantitative estimate of drug-likeness (QED) is 0.828. The Labute approximate surface area is 96.9 Å². The van der Waals surface area contributed by atoms with Gasteiger partial charge in [-0.25, -0.2) is 13.6 Å². The molecule has 1 rings (SSSR count). The van der Waals surface area contributed by atoms with E-state index in [0.29, 0.717) is 6.04 Å². The number of hydrogen-bond donors (Lipinski definition) is 2. The van der Waals surface area contributed by atoms with E-state index in [2.05, 4.69) is 19.2 Å². The summed E-state index contributed by atoms with van der Waals surface area (Å²) >= 11 is 0. The summed E-state index contributed by atoms with van der Waals surface area (Å²) in [5, 5.41) is 8.33. The third-order valence-corrected chi connectivity index (χ3v) is 3.47. The van der Waals surface area contributed by atoms with Gasteiger partial charge in [-0.2, -0.15) is 0 Å². The summed E-state index contributed by atoms with van der Waals surface area (Å²) in [6, 6.07) is 6.91. The number of rotatable bonds is 5. The van der Waals surface area contributed by atoms with Crippen LogP contribution < -0.4 is 10.5 Å². The van der Waals surface area contributed by atoms with Crippen LogP contribution >= 0.6 is 0 Å². The molecule has 0 aliphatic carbocycles. The highest BCUT2D eigenvalue weighted by Crippen LogP contribution is 2.15. The van der Waals surface area contributed by atoms with E-state index in [9.17, 15) is 8.42 Å². The molecule has 0 fully saturated rings. The van der Waals surface area contributed by atoms with E-state index in [0.717, 1.165) is 18.5 Å². The van der Waals surface area contributed by atoms with Gasteiger partial charge in [-0.3, -0.25) is 0 Å². The van der Waals surface area contributed by atoms with Gasteiger partial charge < -0.3 is 5.32 Å². The van der Waals surface area contributed by atoms with E-state index in [4.69, 9.17) is 5.14 Å². The monoisotopic (exact) mass is 242 g/mol. The van der Waals surface area contributed by atoms with Crippen LogP contribution in [-0.4, -0.2) is 14.5 Å². The van der Waals surface area contributed by atoms with Crippen LogP contribution in [-0.2, 0) is 10.0 Å². The lowest BCUT2D eigenvalue weighted by atomic mass is 10.1. The molecule has 0 aliphatic rings. The van der Waals surface area contributed by atoms with Crippen LogP contribution in [0.5, 0.6) is 0 Å². The summed E-state index contributed by atoms with van der Waals surface area (Å²) in [5.41, 5.74) is 0.918. The molecule has 0 unspecified atom stereocenters. The topological polar surface area (TPSA) is 72.2 Å². The smallest absolute Gasteiger partial charge is 0.238 e. The zero-order chi connectivity index (χ0) is 12.2. The molecular weight excluding hydrogens is 224 g/mol. The van der Waals surface area contributed by atoms with Gasteiger partial charge in [-0.1, -0.05) is 13.8 Å². The van der Waals surface area contributed by atoms with E-state index in [1.54, 1.807) is 12.1 Å². The zero-order valence-electron chi connectivity index (χ0n) is 9.60. The molecule has 0 saturated carbocycles. The Morgan fingerprint density at radius 2 is 1.69 bits per heavy atom. The molecule has 1 aromatic carbocycles. The van der Waals surface area contributed by atoms with Crippen molar-refractivity contribution in [2.75, 3.05) is 5.32 Å². The Bertz CT molecular complexity index is 422. The van der Waals surface area contributed by atoms with Crippen molar-refractivity contribution >= 4 is 15.7 Å². The average molecular weight is 242 g/mol. The second-order valence-electron chi connectivity index (χ2n) is 3.73. The van der Waals surface area contributed by atoms with Gasteiger partial charge in [0.05, 0.1) is 4.90 Å².